The van der Waals surface area contributed by atoms with Crippen molar-refractivity contribution in [2.45, 2.75) is 11.8 Å². The summed E-state index contributed by atoms with van der Waals surface area (Å²) >= 11 is 0. The van der Waals surface area contributed by atoms with Gasteiger partial charge in [-0.05, 0) is 29.3 Å². The molecular formula is C12H16Cl2N2O2. The normalized spacial score (nSPS) is 20.4. The third-order valence-electron chi connectivity index (χ3n) is 2.58. The summed E-state index contributed by atoms with van der Waals surface area (Å²) in [5.41, 5.74) is 13.7. The molecule has 1 aromatic carbocycles. The van der Waals surface area contributed by atoms with Crippen molar-refractivity contribution < 1.29 is 10.2 Å². The van der Waals surface area contributed by atoms with Gasteiger partial charge in [0.15, 0.2) is 0 Å². The Morgan fingerprint density at radius 2 is 1.83 bits per heavy atom. The minimum absolute atomic E-state index is 0. The van der Waals surface area contributed by atoms with Gasteiger partial charge in [0.1, 0.15) is 0 Å². The van der Waals surface area contributed by atoms with Crippen molar-refractivity contribution in [1.29, 1.82) is 0 Å². The van der Waals surface area contributed by atoms with Crippen LogP contribution < -0.4 is 11.5 Å². The summed E-state index contributed by atoms with van der Waals surface area (Å²) in [4.78, 5) is 0. The first kappa shape index (κ1) is 17.0. The third kappa shape index (κ3) is 3.48. The Morgan fingerprint density at radius 3 is 2.39 bits per heavy atom. The molecule has 0 saturated heterocycles. The van der Waals surface area contributed by atoms with Crippen LogP contribution in [0.25, 0.3) is 5.57 Å². The molecule has 0 fully saturated rings. The molecule has 2 rings (SSSR count). The van der Waals surface area contributed by atoms with Gasteiger partial charge in [-0.3, -0.25) is 0 Å². The molecule has 0 heterocycles. The van der Waals surface area contributed by atoms with Gasteiger partial charge in [-0.25, -0.2) is 0 Å². The Morgan fingerprint density at radius 1 is 1.17 bits per heavy atom. The van der Waals surface area contributed by atoms with E-state index in [1.165, 1.54) is 6.08 Å². The van der Waals surface area contributed by atoms with E-state index in [9.17, 15) is 10.2 Å². The highest BCUT2D eigenvalue weighted by Crippen LogP contribution is 2.25. The molecule has 1 unspecified atom stereocenters. The van der Waals surface area contributed by atoms with Crippen molar-refractivity contribution in [3.05, 3.63) is 48.1 Å². The van der Waals surface area contributed by atoms with E-state index < -0.39 is 11.8 Å². The quantitative estimate of drug-likeness (QED) is 0.460. The molecule has 0 bridgehead atoms. The van der Waals surface area contributed by atoms with Crippen molar-refractivity contribution in [3.8, 4) is 0 Å². The van der Waals surface area contributed by atoms with Gasteiger partial charge in [0.05, 0.1) is 6.04 Å². The molecule has 1 aliphatic rings. The fourth-order valence-electron chi connectivity index (χ4n) is 1.61. The van der Waals surface area contributed by atoms with Crippen LogP contribution in [0.2, 0.25) is 0 Å². The monoisotopic (exact) mass is 290 g/mol. The first-order chi connectivity index (χ1) is 7.49. The van der Waals surface area contributed by atoms with E-state index in [2.05, 4.69) is 0 Å². The number of rotatable bonds is 1. The fourth-order valence-corrected chi connectivity index (χ4v) is 1.61. The minimum Gasteiger partial charge on any atom is -0.399 e. The summed E-state index contributed by atoms with van der Waals surface area (Å²) in [6, 6.07) is 6.49. The molecule has 6 N–H and O–H groups in total. The van der Waals surface area contributed by atoms with Gasteiger partial charge in [0.25, 0.3) is 0 Å². The number of hydrogen-bond acceptors (Lipinski definition) is 4. The first-order valence-corrected chi connectivity index (χ1v) is 4.96. The third-order valence-corrected chi connectivity index (χ3v) is 2.58. The smallest absolute Gasteiger partial charge is 0.202 e. The molecule has 100 valence electrons. The maximum atomic E-state index is 9.44. The molecule has 6 heteroatoms. The highest BCUT2D eigenvalue weighted by atomic mass is 35.5. The van der Waals surface area contributed by atoms with Crippen molar-refractivity contribution in [2.75, 3.05) is 5.73 Å². The standard InChI is InChI=1S/C12H14N2O2.2ClH/c13-10-3-1-2-8(6-10)9-4-5-12(15,16)11(14)7-9;;/h1-7,11,15-16H,13-14H2;2*1H. The van der Waals surface area contributed by atoms with E-state index in [4.69, 9.17) is 11.5 Å². The van der Waals surface area contributed by atoms with Gasteiger partial charge in [-0.2, -0.15) is 0 Å². The van der Waals surface area contributed by atoms with E-state index in [0.717, 1.165) is 11.1 Å². The van der Waals surface area contributed by atoms with E-state index in [1.807, 2.05) is 18.2 Å². The maximum absolute atomic E-state index is 9.44. The zero-order chi connectivity index (χ0) is 11.8. The van der Waals surface area contributed by atoms with Crippen LogP contribution in [0, 0.1) is 0 Å². The van der Waals surface area contributed by atoms with Crippen LogP contribution in [0.15, 0.2) is 42.5 Å². The molecule has 1 aliphatic carbocycles. The topological polar surface area (TPSA) is 92.5 Å². The zero-order valence-electron chi connectivity index (χ0n) is 9.48. The molecule has 0 aliphatic heterocycles. The van der Waals surface area contributed by atoms with Crippen LogP contribution >= 0.6 is 24.8 Å². The van der Waals surface area contributed by atoms with Gasteiger partial charge < -0.3 is 21.7 Å². The van der Waals surface area contributed by atoms with E-state index in [-0.39, 0.29) is 24.8 Å². The van der Waals surface area contributed by atoms with Gasteiger partial charge in [-0.1, -0.05) is 24.3 Å². The van der Waals surface area contributed by atoms with Crippen LogP contribution in [-0.2, 0) is 0 Å². The van der Waals surface area contributed by atoms with Crippen LogP contribution in [0.4, 0.5) is 5.69 Å². The molecule has 1 aromatic rings. The molecule has 0 saturated carbocycles. The lowest BCUT2D eigenvalue weighted by atomic mass is 9.93. The van der Waals surface area contributed by atoms with E-state index in [1.54, 1.807) is 18.2 Å². The summed E-state index contributed by atoms with van der Waals surface area (Å²) < 4.78 is 0. The van der Waals surface area contributed by atoms with Gasteiger partial charge >= 0.3 is 0 Å². The van der Waals surface area contributed by atoms with E-state index >= 15 is 0 Å². The molecule has 4 nitrogen and oxygen atoms in total. The summed E-state index contributed by atoms with van der Waals surface area (Å²) in [6.45, 7) is 0. The molecule has 0 spiro atoms. The van der Waals surface area contributed by atoms with Crippen molar-refractivity contribution in [1.82, 2.24) is 0 Å². The fraction of sp³-hybridized carbons (Fsp3) is 0.167. The Bertz CT molecular complexity index is 473. The Kier molecular flexibility index (Phi) is 5.86. The number of anilines is 1. The lowest BCUT2D eigenvalue weighted by Crippen LogP contribution is -2.46. The number of halogens is 2. The van der Waals surface area contributed by atoms with Gasteiger partial charge in [-0.15, -0.1) is 24.8 Å². The maximum Gasteiger partial charge on any atom is 0.202 e. The van der Waals surface area contributed by atoms with Crippen molar-refractivity contribution in [2.24, 2.45) is 5.73 Å². The van der Waals surface area contributed by atoms with Crippen LogP contribution in [0.3, 0.4) is 0 Å². The molecule has 0 aromatic heterocycles. The van der Waals surface area contributed by atoms with Crippen molar-refractivity contribution in [3.63, 3.8) is 0 Å². The number of aliphatic hydroxyl groups is 2. The van der Waals surface area contributed by atoms with Crippen LogP contribution in [-0.4, -0.2) is 22.0 Å². The second-order valence-electron chi connectivity index (χ2n) is 3.89. The highest BCUT2D eigenvalue weighted by Gasteiger charge is 2.29. The molecule has 0 radical (unpaired) electrons. The highest BCUT2D eigenvalue weighted by molar-refractivity contribution is 5.85. The number of nitrogen functional groups attached to an aromatic ring is 1. The van der Waals surface area contributed by atoms with Crippen LogP contribution in [0.5, 0.6) is 0 Å². The Labute approximate surface area is 118 Å². The number of allylic oxidation sites excluding steroid dienone is 2. The second-order valence-corrected chi connectivity index (χ2v) is 3.89. The first-order valence-electron chi connectivity index (χ1n) is 4.96. The van der Waals surface area contributed by atoms with Crippen molar-refractivity contribution >= 4 is 36.1 Å². The number of hydrogen-bond donors (Lipinski definition) is 4. The lowest BCUT2D eigenvalue weighted by Gasteiger charge is -2.26. The number of nitrogens with two attached hydrogens (primary N) is 2. The summed E-state index contributed by atoms with van der Waals surface area (Å²) in [5.74, 6) is -1.97. The van der Waals surface area contributed by atoms with Gasteiger partial charge in [0, 0.05) is 5.69 Å². The molecule has 1 atom stereocenters. The number of benzene rings is 1. The predicted molar refractivity (Wildman–Crippen MR) is 77.6 cm³/mol. The summed E-state index contributed by atoms with van der Waals surface area (Å²) in [6.07, 6.45) is 4.50. The molecular weight excluding hydrogens is 275 g/mol. The SMILES string of the molecule is Cl.Cl.Nc1cccc(C2=CC(N)C(O)(O)C=C2)c1. The van der Waals surface area contributed by atoms with Crippen LogP contribution in [0.1, 0.15) is 5.56 Å². The second kappa shape index (κ2) is 6.22. The lowest BCUT2D eigenvalue weighted by molar-refractivity contribution is -0.125. The summed E-state index contributed by atoms with van der Waals surface area (Å²) in [7, 11) is 0. The largest absolute Gasteiger partial charge is 0.399 e. The van der Waals surface area contributed by atoms with Gasteiger partial charge in [0.2, 0.25) is 5.79 Å². The average molecular weight is 291 g/mol. The zero-order valence-corrected chi connectivity index (χ0v) is 11.1. The molecule has 0 amide bonds. The summed E-state index contributed by atoms with van der Waals surface area (Å²) in [5, 5.41) is 18.9. The Hall–Kier alpha value is -1.04. The molecule has 18 heavy (non-hydrogen) atoms. The predicted octanol–water partition coefficient (Wildman–Crippen LogP) is 1.07. The average Bonchev–Trinajstić information content (AvgIpc) is 2.22. The minimum atomic E-state index is -1.97. The van der Waals surface area contributed by atoms with E-state index in [0.29, 0.717) is 5.69 Å². The Balaban J connectivity index is 0.00000144.